The number of fused-ring (bicyclic) bond motifs is 3. The molecule has 3 aromatic carbocycles. The van der Waals surface area contributed by atoms with Crippen LogP contribution in [0.15, 0.2) is 88.1 Å². The van der Waals surface area contributed by atoms with Crippen molar-refractivity contribution >= 4 is 71.0 Å². The fourth-order valence-electron chi connectivity index (χ4n) is 7.99. The Morgan fingerprint density at radius 1 is 0.958 bits per heavy atom. The van der Waals surface area contributed by atoms with Crippen molar-refractivity contribution < 1.29 is 9.16 Å². The molecule has 0 aliphatic heterocycles. The molecular weight excluding hydrogens is 737 g/mol. The van der Waals surface area contributed by atoms with Gasteiger partial charge in [-0.2, -0.15) is 0 Å². The number of halogens is 1. The molecule has 5 rings (SSSR count). The summed E-state index contributed by atoms with van der Waals surface area (Å²) >= 11 is 4.51. The van der Waals surface area contributed by atoms with Crippen molar-refractivity contribution in [3.63, 3.8) is 0 Å². The second kappa shape index (κ2) is 16.3. The molecule has 0 amide bonds. The number of benzene rings is 3. The van der Waals surface area contributed by atoms with Gasteiger partial charge in [0.2, 0.25) is 0 Å². The fraction of sp³-hybridized carbons (Fsp3) is 0.476. The summed E-state index contributed by atoms with van der Waals surface area (Å²) in [6.45, 7) is 17.3. The van der Waals surface area contributed by atoms with Crippen LogP contribution < -0.4 is 4.46 Å². The average molecular weight is 794 g/mol. The zero-order chi connectivity index (χ0) is 34.5. The summed E-state index contributed by atoms with van der Waals surface area (Å²) < 4.78 is 18.0. The summed E-state index contributed by atoms with van der Waals surface area (Å²) in [6, 6.07) is 28.1. The first-order chi connectivity index (χ1) is 23.1. The van der Waals surface area contributed by atoms with E-state index in [-0.39, 0.29) is 5.41 Å². The van der Waals surface area contributed by atoms with Crippen LogP contribution in [0.3, 0.4) is 0 Å². The first-order valence-corrected chi connectivity index (χ1v) is 23.5. The van der Waals surface area contributed by atoms with E-state index in [1.807, 2.05) is 0 Å². The second-order valence-corrected chi connectivity index (χ2v) is 22.2. The summed E-state index contributed by atoms with van der Waals surface area (Å²) in [5.41, 5.74) is 8.31. The molecule has 4 aromatic rings. The van der Waals surface area contributed by atoms with E-state index < -0.39 is 8.32 Å². The van der Waals surface area contributed by atoms with Gasteiger partial charge in [-0.3, -0.25) is 0 Å². The van der Waals surface area contributed by atoms with E-state index in [9.17, 15) is 0 Å². The Labute approximate surface area is 306 Å². The molecule has 1 heterocycles. The van der Waals surface area contributed by atoms with Crippen molar-refractivity contribution in [1.29, 1.82) is 0 Å². The van der Waals surface area contributed by atoms with Gasteiger partial charge in [0.25, 0.3) is 0 Å². The number of para-hydroxylation sites is 1. The van der Waals surface area contributed by atoms with Crippen LogP contribution in [0.1, 0.15) is 86.1 Å². The van der Waals surface area contributed by atoms with Crippen molar-refractivity contribution in [1.82, 2.24) is 4.57 Å². The maximum absolute atomic E-state index is 7.35. The second-order valence-electron chi connectivity index (χ2n) is 14.2. The summed E-state index contributed by atoms with van der Waals surface area (Å²) in [6.07, 6.45) is 5.61. The minimum atomic E-state index is -1.79. The number of hydrogen-bond donors (Lipinski definition) is 0. The van der Waals surface area contributed by atoms with Crippen LogP contribution in [-0.4, -0.2) is 35.0 Å². The summed E-state index contributed by atoms with van der Waals surface area (Å²) in [4.78, 5) is 0. The molecular formula is C42H56BrNO2SeSi. The molecule has 0 bridgehead atoms. The third-order valence-corrected chi connectivity index (χ3v) is 18.8. The third kappa shape index (κ3) is 7.64. The van der Waals surface area contributed by atoms with E-state index in [4.69, 9.17) is 9.16 Å². The van der Waals surface area contributed by atoms with Crippen LogP contribution in [0, 0.1) is 11.3 Å². The van der Waals surface area contributed by atoms with E-state index in [1.54, 1.807) is 12.7 Å². The first-order valence-electron chi connectivity index (χ1n) is 18.1. The molecule has 1 aliphatic carbocycles. The van der Waals surface area contributed by atoms with E-state index in [2.05, 4.69) is 136 Å². The maximum atomic E-state index is 7.35. The number of nitrogens with zero attached hydrogens (tertiary/aromatic N) is 1. The SMILES string of the molecule is CC[Si](CC)(CC)OC1=C(CC[Se]c2ccccc2)[C@@](C)(CCC(=C(C)C)c2cc3c(cc2Br)c2ccccc2n3COC)[C@H](C)CC1. The molecule has 2 atom stereocenters. The van der Waals surface area contributed by atoms with Crippen LogP contribution in [-0.2, 0) is 15.9 Å². The Morgan fingerprint density at radius 2 is 1.65 bits per heavy atom. The molecule has 1 aliphatic rings. The van der Waals surface area contributed by atoms with Gasteiger partial charge in [0.15, 0.2) is 0 Å². The molecule has 1 aromatic heterocycles. The number of hydrogen-bond acceptors (Lipinski definition) is 2. The average Bonchev–Trinajstić information content (AvgIpc) is 3.39. The van der Waals surface area contributed by atoms with Crippen molar-refractivity contribution in [3.8, 4) is 0 Å². The minimum absolute atomic E-state index is 0.0952. The normalized spacial score (nSPS) is 18.6. The van der Waals surface area contributed by atoms with Crippen molar-refractivity contribution in [2.24, 2.45) is 11.3 Å². The van der Waals surface area contributed by atoms with Gasteiger partial charge in [0.1, 0.15) is 0 Å². The van der Waals surface area contributed by atoms with Crippen molar-refractivity contribution in [2.75, 3.05) is 7.11 Å². The molecule has 48 heavy (non-hydrogen) atoms. The molecule has 0 unspecified atom stereocenters. The van der Waals surface area contributed by atoms with Crippen molar-refractivity contribution in [3.05, 3.63) is 93.7 Å². The summed E-state index contributed by atoms with van der Waals surface area (Å²) in [5, 5.41) is 3.76. The zero-order valence-corrected chi connectivity index (χ0v) is 34.8. The quantitative estimate of drug-likeness (QED) is 0.112. The Bertz CT molecular complexity index is 1760. The molecule has 0 spiro atoms. The molecule has 258 valence electrons. The molecule has 0 fully saturated rings. The van der Waals surface area contributed by atoms with Gasteiger partial charge in [-0.05, 0) is 6.07 Å². The topological polar surface area (TPSA) is 23.4 Å². The monoisotopic (exact) mass is 793 g/mol. The Hall–Kier alpha value is -2.08. The third-order valence-electron chi connectivity index (χ3n) is 11.5. The van der Waals surface area contributed by atoms with E-state index in [1.165, 1.54) is 83.1 Å². The van der Waals surface area contributed by atoms with Gasteiger partial charge in [-0.25, -0.2) is 0 Å². The van der Waals surface area contributed by atoms with Crippen LogP contribution in [0.25, 0.3) is 27.4 Å². The zero-order valence-electron chi connectivity index (χ0n) is 30.5. The van der Waals surface area contributed by atoms with Gasteiger partial charge in [0.05, 0.1) is 0 Å². The number of allylic oxidation sites excluding steroid dienone is 4. The van der Waals surface area contributed by atoms with E-state index >= 15 is 0 Å². The number of aromatic nitrogens is 1. The van der Waals surface area contributed by atoms with Crippen LogP contribution in [0.4, 0.5) is 0 Å². The Morgan fingerprint density at radius 3 is 2.31 bits per heavy atom. The summed E-state index contributed by atoms with van der Waals surface area (Å²) in [7, 11) is -0.00688. The van der Waals surface area contributed by atoms with Crippen LogP contribution >= 0.6 is 15.9 Å². The van der Waals surface area contributed by atoms with Crippen molar-refractivity contribution in [2.45, 2.75) is 111 Å². The predicted octanol–water partition coefficient (Wildman–Crippen LogP) is 12.3. The van der Waals surface area contributed by atoms with Crippen LogP contribution in [0.5, 0.6) is 0 Å². The molecule has 3 nitrogen and oxygen atoms in total. The Balaban J connectivity index is 1.52. The first kappa shape index (κ1) is 37.2. The van der Waals surface area contributed by atoms with E-state index in [0.29, 0.717) is 27.6 Å². The van der Waals surface area contributed by atoms with Gasteiger partial charge in [-0.15, -0.1) is 0 Å². The standard InChI is InChI=1S/C42H56BrNO2SeSi/c1-9-48(10-2,11-3)46-41-22-21-31(6)42(7,37(41)24-26-47-32-17-13-12-14-18-32)25-23-33(30(4)5)35-28-40-36(27-38(35)43)34-19-15-16-20-39(34)44(40)29-45-8/h12-20,27-28,31H,9-11,21-26,29H2,1-8H3/t31-,42+/m1/s1. The van der Waals surface area contributed by atoms with E-state index in [0.717, 1.165) is 25.7 Å². The molecule has 0 saturated heterocycles. The Kier molecular flexibility index (Phi) is 12.6. The molecule has 0 N–H and O–H groups in total. The van der Waals surface area contributed by atoms with Gasteiger partial charge >= 0.3 is 272 Å². The van der Waals surface area contributed by atoms with Gasteiger partial charge in [-0.1, -0.05) is 18.2 Å². The van der Waals surface area contributed by atoms with Crippen LogP contribution in [0.2, 0.25) is 23.5 Å². The van der Waals surface area contributed by atoms with Gasteiger partial charge < -0.3 is 4.74 Å². The fourth-order valence-corrected chi connectivity index (χ4v) is 13.1. The molecule has 6 heteroatoms. The summed E-state index contributed by atoms with van der Waals surface area (Å²) in [5.74, 6) is 1.99. The number of methoxy groups -OCH3 is 1. The number of rotatable bonds is 15. The molecule has 0 saturated carbocycles. The van der Waals surface area contributed by atoms with Gasteiger partial charge in [0, 0.05) is 7.11 Å². The predicted molar refractivity (Wildman–Crippen MR) is 215 cm³/mol. The molecule has 0 radical (unpaired) electrons. The number of ether oxygens (including phenoxy) is 1.